The van der Waals surface area contributed by atoms with E-state index in [0.29, 0.717) is 0 Å². The standard InChI is InChI=1S/C34H19NS2/c1-2-9-20-19(8-1)16-17-28-31(20)33-29(36-28)18-26-30(23-11-3-5-14-25(23)35-26)32(33)24-13-7-12-22-21-10-4-6-15-27(21)37-34(22)24/h1-18,35H. The lowest BCUT2D eigenvalue weighted by Gasteiger charge is -2.11. The summed E-state index contributed by atoms with van der Waals surface area (Å²) < 4.78 is 5.38. The van der Waals surface area contributed by atoms with Crippen molar-refractivity contribution in [2.45, 2.75) is 0 Å². The van der Waals surface area contributed by atoms with Crippen molar-refractivity contribution >= 4 is 95.6 Å². The first-order valence-corrected chi connectivity index (χ1v) is 14.2. The van der Waals surface area contributed by atoms with Gasteiger partial charge < -0.3 is 4.98 Å². The first-order valence-electron chi connectivity index (χ1n) is 12.5. The van der Waals surface area contributed by atoms with E-state index in [1.54, 1.807) is 0 Å². The summed E-state index contributed by atoms with van der Waals surface area (Å²) >= 11 is 3.82. The zero-order chi connectivity index (χ0) is 24.1. The number of hydrogen-bond donors (Lipinski definition) is 1. The lowest BCUT2D eigenvalue weighted by atomic mass is 9.92. The Morgan fingerprint density at radius 2 is 1.24 bits per heavy atom. The lowest BCUT2D eigenvalue weighted by molar-refractivity contribution is 1.56. The Bertz CT molecular complexity index is 2360. The topological polar surface area (TPSA) is 15.8 Å². The van der Waals surface area contributed by atoms with E-state index in [4.69, 9.17) is 0 Å². The van der Waals surface area contributed by atoms with Gasteiger partial charge in [0.2, 0.25) is 0 Å². The van der Waals surface area contributed by atoms with Crippen molar-refractivity contribution in [3.63, 3.8) is 0 Å². The largest absolute Gasteiger partial charge is 0.354 e. The summed E-state index contributed by atoms with van der Waals surface area (Å²) in [6, 6.07) is 40.2. The summed E-state index contributed by atoms with van der Waals surface area (Å²) in [6.45, 7) is 0. The van der Waals surface area contributed by atoms with Crippen LogP contribution in [0.1, 0.15) is 0 Å². The fraction of sp³-hybridized carbons (Fsp3) is 0. The van der Waals surface area contributed by atoms with E-state index in [-0.39, 0.29) is 0 Å². The molecule has 0 radical (unpaired) electrons. The van der Waals surface area contributed by atoms with E-state index in [2.05, 4.69) is 114 Å². The fourth-order valence-electron chi connectivity index (χ4n) is 6.25. The Balaban J connectivity index is 1.60. The van der Waals surface area contributed by atoms with Gasteiger partial charge in [0.05, 0.1) is 0 Å². The minimum atomic E-state index is 1.19. The number of fused-ring (bicyclic) bond motifs is 11. The maximum absolute atomic E-state index is 3.75. The number of rotatable bonds is 1. The molecule has 37 heavy (non-hydrogen) atoms. The number of benzene rings is 6. The molecule has 0 aliphatic carbocycles. The molecular weight excluding hydrogens is 487 g/mol. The smallest absolute Gasteiger partial charge is 0.0485 e. The van der Waals surface area contributed by atoms with E-state index in [1.807, 2.05) is 22.7 Å². The molecule has 0 aliphatic heterocycles. The maximum Gasteiger partial charge on any atom is 0.0485 e. The first-order chi connectivity index (χ1) is 18.3. The van der Waals surface area contributed by atoms with Crippen LogP contribution in [-0.4, -0.2) is 4.98 Å². The van der Waals surface area contributed by atoms with Crippen molar-refractivity contribution in [1.82, 2.24) is 4.98 Å². The van der Waals surface area contributed by atoms with Crippen LogP contribution in [0.3, 0.4) is 0 Å². The highest BCUT2D eigenvalue weighted by Gasteiger charge is 2.22. The van der Waals surface area contributed by atoms with Crippen LogP contribution in [0.25, 0.3) is 84.0 Å². The predicted octanol–water partition coefficient (Wildman–Crippen LogP) is 10.9. The number of thiophene rings is 2. The molecule has 0 saturated carbocycles. The number of aromatic nitrogens is 1. The highest BCUT2D eigenvalue weighted by molar-refractivity contribution is 7.27. The zero-order valence-corrected chi connectivity index (χ0v) is 21.3. The van der Waals surface area contributed by atoms with Crippen LogP contribution in [0.5, 0.6) is 0 Å². The second-order valence-corrected chi connectivity index (χ2v) is 11.9. The molecule has 0 aliphatic rings. The van der Waals surface area contributed by atoms with Crippen molar-refractivity contribution in [2.75, 3.05) is 0 Å². The summed E-state index contributed by atoms with van der Waals surface area (Å²) in [5.41, 5.74) is 5.07. The monoisotopic (exact) mass is 505 g/mol. The molecule has 172 valence electrons. The summed E-state index contributed by atoms with van der Waals surface area (Å²) in [5, 5.41) is 10.7. The van der Waals surface area contributed by atoms with Gasteiger partial charge in [-0.2, -0.15) is 0 Å². The molecule has 6 aromatic carbocycles. The molecule has 3 heterocycles. The van der Waals surface area contributed by atoms with Crippen LogP contribution in [-0.2, 0) is 0 Å². The minimum Gasteiger partial charge on any atom is -0.354 e. The van der Waals surface area contributed by atoms with Crippen LogP contribution in [0.2, 0.25) is 0 Å². The number of H-pyrrole nitrogens is 1. The normalized spacial score (nSPS) is 12.3. The van der Waals surface area contributed by atoms with Gasteiger partial charge in [0.25, 0.3) is 0 Å². The molecule has 0 fully saturated rings. The Kier molecular flexibility index (Phi) is 3.88. The van der Waals surface area contributed by atoms with Gasteiger partial charge >= 0.3 is 0 Å². The van der Waals surface area contributed by atoms with Gasteiger partial charge in [-0.25, -0.2) is 0 Å². The van der Waals surface area contributed by atoms with Crippen LogP contribution in [0.4, 0.5) is 0 Å². The van der Waals surface area contributed by atoms with E-state index >= 15 is 0 Å². The van der Waals surface area contributed by atoms with Crippen molar-refractivity contribution in [3.05, 3.63) is 109 Å². The fourth-order valence-corrected chi connectivity index (χ4v) is 8.64. The van der Waals surface area contributed by atoms with Gasteiger partial charge in [0.1, 0.15) is 0 Å². The van der Waals surface area contributed by atoms with E-state index in [1.165, 1.54) is 84.0 Å². The summed E-state index contributed by atoms with van der Waals surface area (Å²) in [5.74, 6) is 0. The van der Waals surface area contributed by atoms with Crippen LogP contribution in [0.15, 0.2) is 109 Å². The van der Waals surface area contributed by atoms with E-state index in [0.717, 1.165) is 0 Å². The number of aromatic amines is 1. The molecule has 0 spiro atoms. The molecule has 9 aromatic rings. The molecule has 1 N–H and O–H groups in total. The first kappa shape index (κ1) is 19.9. The number of hydrogen-bond acceptors (Lipinski definition) is 2. The number of para-hydroxylation sites is 1. The SMILES string of the molecule is c1ccc2c(c1)ccc1sc3cc4[nH]c5ccccc5c4c(-c4cccc5c4sc4ccccc45)c3c12. The highest BCUT2D eigenvalue weighted by atomic mass is 32.1. The van der Waals surface area contributed by atoms with E-state index < -0.39 is 0 Å². The third-order valence-corrected chi connectivity index (χ3v) is 10.1. The average Bonchev–Trinajstić information content (AvgIpc) is 3.62. The van der Waals surface area contributed by atoms with Crippen molar-refractivity contribution < 1.29 is 0 Å². The third kappa shape index (κ3) is 2.63. The molecule has 0 amide bonds. The Labute approximate surface area is 220 Å². The third-order valence-electron chi connectivity index (χ3n) is 7.79. The molecule has 0 saturated heterocycles. The highest BCUT2D eigenvalue weighted by Crippen LogP contribution is 2.50. The summed E-state index contributed by atoms with van der Waals surface area (Å²) in [4.78, 5) is 3.75. The maximum atomic E-state index is 3.75. The van der Waals surface area contributed by atoms with Crippen molar-refractivity contribution in [1.29, 1.82) is 0 Å². The average molecular weight is 506 g/mol. The van der Waals surface area contributed by atoms with Gasteiger partial charge in [-0.1, -0.05) is 84.9 Å². The Hall–Kier alpha value is -4.18. The summed E-state index contributed by atoms with van der Waals surface area (Å²) in [7, 11) is 0. The van der Waals surface area contributed by atoms with Gasteiger partial charge in [-0.3, -0.25) is 0 Å². The van der Waals surface area contributed by atoms with Gasteiger partial charge in [-0.05, 0) is 35.0 Å². The van der Waals surface area contributed by atoms with Crippen molar-refractivity contribution in [3.8, 4) is 11.1 Å². The number of nitrogens with one attached hydrogen (secondary N) is 1. The Morgan fingerprint density at radius 1 is 0.459 bits per heavy atom. The molecule has 0 atom stereocenters. The molecule has 3 heteroatoms. The summed E-state index contributed by atoms with van der Waals surface area (Å²) in [6.07, 6.45) is 0. The zero-order valence-electron chi connectivity index (χ0n) is 19.7. The van der Waals surface area contributed by atoms with Crippen molar-refractivity contribution in [2.24, 2.45) is 0 Å². The van der Waals surface area contributed by atoms with Crippen LogP contribution < -0.4 is 0 Å². The molecule has 0 unspecified atom stereocenters. The predicted molar refractivity (Wildman–Crippen MR) is 165 cm³/mol. The molecule has 1 nitrogen and oxygen atoms in total. The lowest BCUT2D eigenvalue weighted by Crippen LogP contribution is -1.84. The van der Waals surface area contributed by atoms with Gasteiger partial charge in [0, 0.05) is 73.3 Å². The van der Waals surface area contributed by atoms with Gasteiger partial charge in [-0.15, -0.1) is 22.7 Å². The second-order valence-electron chi connectivity index (χ2n) is 9.76. The molecular formula is C34H19NS2. The quantitative estimate of drug-likeness (QED) is 0.228. The van der Waals surface area contributed by atoms with Crippen LogP contribution in [0, 0.1) is 0 Å². The molecule has 3 aromatic heterocycles. The van der Waals surface area contributed by atoms with Gasteiger partial charge in [0.15, 0.2) is 0 Å². The van der Waals surface area contributed by atoms with Crippen LogP contribution >= 0.6 is 22.7 Å². The molecule has 9 rings (SSSR count). The van der Waals surface area contributed by atoms with E-state index in [9.17, 15) is 0 Å². The Morgan fingerprint density at radius 3 is 2.19 bits per heavy atom. The second kappa shape index (κ2) is 7.19. The minimum absolute atomic E-state index is 1.19. The molecule has 0 bridgehead atoms.